The van der Waals surface area contributed by atoms with Crippen molar-refractivity contribution in [1.82, 2.24) is 5.32 Å². The molecule has 66 valence electrons. The fraction of sp³-hybridized carbons (Fsp3) is 0.250. The molecule has 12 heavy (non-hydrogen) atoms. The number of nitrogens with one attached hydrogen (secondary N) is 2. The number of anilines is 1. The third kappa shape index (κ3) is 2.89. The fourth-order valence-corrected chi connectivity index (χ4v) is 1.37. The van der Waals surface area contributed by atoms with E-state index in [1.165, 1.54) is 0 Å². The Morgan fingerprint density at radius 3 is 2.25 bits per heavy atom. The van der Waals surface area contributed by atoms with Gasteiger partial charge in [0.05, 0.1) is 6.67 Å². The molecule has 4 heteroatoms. The van der Waals surface area contributed by atoms with Crippen LogP contribution in [-0.2, 0) is 0 Å². The van der Waals surface area contributed by atoms with Crippen LogP contribution in [0.4, 0.5) is 5.69 Å². The number of rotatable bonds is 3. The van der Waals surface area contributed by atoms with E-state index in [2.05, 4.69) is 10.6 Å². The molecule has 0 saturated carbocycles. The molecule has 1 aromatic rings. The van der Waals surface area contributed by atoms with Gasteiger partial charge in [-0.15, -0.1) is 0 Å². The highest BCUT2D eigenvalue weighted by Crippen LogP contribution is 2.21. The standard InChI is InChI=1S/C8H10Cl2N2/c1-11-5-12-8-3-6(9)2-7(10)4-8/h2-4,11-12H,5H2,1H3. The molecule has 1 rings (SSSR count). The van der Waals surface area contributed by atoms with Crippen molar-refractivity contribution in [3.05, 3.63) is 28.2 Å². The Hall–Kier alpha value is -0.440. The van der Waals surface area contributed by atoms with Gasteiger partial charge in [0.15, 0.2) is 0 Å². The maximum atomic E-state index is 5.78. The monoisotopic (exact) mass is 204 g/mol. The van der Waals surface area contributed by atoms with Crippen molar-refractivity contribution in [1.29, 1.82) is 0 Å². The molecule has 0 aliphatic heterocycles. The summed E-state index contributed by atoms with van der Waals surface area (Å²) < 4.78 is 0. The second kappa shape index (κ2) is 4.55. The van der Waals surface area contributed by atoms with Gasteiger partial charge < -0.3 is 10.6 Å². The Labute approximate surface area is 81.9 Å². The molecule has 0 atom stereocenters. The van der Waals surface area contributed by atoms with Gasteiger partial charge in [-0.1, -0.05) is 23.2 Å². The van der Waals surface area contributed by atoms with E-state index in [9.17, 15) is 0 Å². The molecule has 0 spiro atoms. The van der Waals surface area contributed by atoms with E-state index in [1.54, 1.807) is 6.07 Å². The summed E-state index contributed by atoms with van der Waals surface area (Å²) in [5.41, 5.74) is 0.918. The van der Waals surface area contributed by atoms with Gasteiger partial charge in [0.1, 0.15) is 0 Å². The van der Waals surface area contributed by atoms with E-state index >= 15 is 0 Å². The maximum absolute atomic E-state index is 5.78. The lowest BCUT2D eigenvalue weighted by molar-refractivity contribution is 0.874. The van der Waals surface area contributed by atoms with Crippen LogP contribution >= 0.6 is 23.2 Å². The summed E-state index contributed by atoms with van der Waals surface area (Å²) in [6.07, 6.45) is 0. The van der Waals surface area contributed by atoms with E-state index in [1.807, 2.05) is 19.2 Å². The van der Waals surface area contributed by atoms with Gasteiger partial charge in [-0.2, -0.15) is 0 Å². The van der Waals surface area contributed by atoms with E-state index in [4.69, 9.17) is 23.2 Å². The van der Waals surface area contributed by atoms with E-state index < -0.39 is 0 Å². The topological polar surface area (TPSA) is 24.1 Å². The van der Waals surface area contributed by atoms with Crippen LogP contribution in [-0.4, -0.2) is 13.7 Å². The lowest BCUT2D eigenvalue weighted by atomic mass is 10.3. The first-order chi connectivity index (χ1) is 5.72. The third-order valence-corrected chi connectivity index (χ3v) is 1.77. The molecule has 0 aliphatic rings. The van der Waals surface area contributed by atoms with Crippen LogP contribution < -0.4 is 10.6 Å². The van der Waals surface area contributed by atoms with Gasteiger partial charge in [-0.05, 0) is 25.2 Å². The van der Waals surface area contributed by atoms with Crippen LogP contribution in [0.3, 0.4) is 0 Å². The molecule has 0 bridgehead atoms. The largest absolute Gasteiger partial charge is 0.372 e. The second-order valence-electron chi connectivity index (χ2n) is 2.37. The Morgan fingerprint density at radius 1 is 1.17 bits per heavy atom. The van der Waals surface area contributed by atoms with Crippen molar-refractivity contribution >= 4 is 28.9 Å². The number of hydrogen-bond acceptors (Lipinski definition) is 2. The highest BCUT2D eigenvalue weighted by molar-refractivity contribution is 6.35. The highest BCUT2D eigenvalue weighted by atomic mass is 35.5. The first kappa shape index (κ1) is 9.65. The van der Waals surface area contributed by atoms with Gasteiger partial charge in [0, 0.05) is 15.7 Å². The second-order valence-corrected chi connectivity index (χ2v) is 3.24. The van der Waals surface area contributed by atoms with E-state index in [0.717, 1.165) is 5.69 Å². The van der Waals surface area contributed by atoms with Crippen molar-refractivity contribution in [3.8, 4) is 0 Å². The summed E-state index contributed by atoms with van der Waals surface area (Å²) in [6, 6.07) is 5.35. The minimum Gasteiger partial charge on any atom is -0.372 e. The Morgan fingerprint density at radius 2 is 1.75 bits per heavy atom. The van der Waals surface area contributed by atoms with Gasteiger partial charge in [-0.25, -0.2) is 0 Å². The minimum absolute atomic E-state index is 0.640. The molecule has 0 radical (unpaired) electrons. The van der Waals surface area contributed by atoms with Crippen molar-refractivity contribution in [2.75, 3.05) is 19.0 Å². The predicted molar refractivity (Wildman–Crippen MR) is 54.0 cm³/mol. The third-order valence-electron chi connectivity index (χ3n) is 1.33. The molecule has 0 aromatic heterocycles. The summed E-state index contributed by atoms with van der Waals surface area (Å²) >= 11 is 11.6. The minimum atomic E-state index is 0.640. The van der Waals surface area contributed by atoms with Crippen LogP contribution in [0, 0.1) is 0 Å². The van der Waals surface area contributed by atoms with Crippen molar-refractivity contribution in [3.63, 3.8) is 0 Å². The molecule has 0 unspecified atom stereocenters. The molecule has 0 aliphatic carbocycles. The first-order valence-corrected chi connectivity index (χ1v) is 4.32. The van der Waals surface area contributed by atoms with Crippen LogP contribution in [0.1, 0.15) is 0 Å². The summed E-state index contributed by atoms with van der Waals surface area (Å²) in [5, 5.41) is 7.33. The summed E-state index contributed by atoms with van der Waals surface area (Å²) in [4.78, 5) is 0. The average molecular weight is 205 g/mol. The maximum Gasteiger partial charge on any atom is 0.0650 e. The smallest absolute Gasteiger partial charge is 0.0650 e. The molecular weight excluding hydrogens is 195 g/mol. The van der Waals surface area contributed by atoms with Gasteiger partial charge in [0.25, 0.3) is 0 Å². The zero-order valence-electron chi connectivity index (χ0n) is 6.70. The van der Waals surface area contributed by atoms with Crippen molar-refractivity contribution < 1.29 is 0 Å². The quantitative estimate of drug-likeness (QED) is 0.741. The molecule has 1 aromatic carbocycles. The predicted octanol–water partition coefficient (Wildman–Crippen LogP) is 2.58. The normalized spacial score (nSPS) is 9.92. The number of benzene rings is 1. The van der Waals surface area contributed by atoms with Crippen LogP contribution in [0.2, 0.25) is 10.0 Å². The lowest BCUT2D eigenvalue weighted by Crippen LogP contribution is -2.16. The van der Waals surface area contributed by atoms with Gasteiger partial charge >= 0.3 is 0 Å². The molecule has 0 heterocycles. The molecule has 0 amide bonds. The molecule has 0 fully saturated rings. The van der Waals surface area contributed by atoms with Crippen molar-refractivity contribution in [2.24, 2.45) is 0 Å². The number of halogens is 2. The van der Waals surface area contributed by atoms with Crippen LogP contribution in [0.5, 0.6) is 0 Å². The van der Waals surface area contributed by atoms with Crippen LogP contribution in [0.15, 0.2) is 18.2 Å². The van der Waals surface area contributed by atoms with E-state index in [-0.39, 0.29) is 0 Å². The molecular formula is C8H10Cl2N2. The van der Waals surface area contributed by atoms with Gasteiger partial charge in [0.2, 0.25) is 0 Å². The first-order valence-electron chi connectivity index (χ1n) is 3.57. The Balaban J connectivity index is 2.72. The fourth-order valence-electron chi connectivity index (χ4n) is 0.846. The lowest BCUT2D eigenvalue weighted by Gasteiger charge is -2.05. The molecule has 0 saturated heterocycles. The SMILES string of the molecule is CNCNc1cc(Cl)cc(Cl)c1. The van der Waals surface area contributed by atoms with E-state index in [0.29, 0.717) is 16.7 Å². The summed E-state index contributed by atoms with van der Waals surface area (Å²) in [6.45, 7) is 0.691. The van der Waals surface area contributed by atoms with Gasteiger partial charge in [-0.3, -0.25) is 0 Å². The van der Waals surface area contributed by atoms with Crippen LogP contribution in [0.25, 0.3) is 0 Å². The Kier molecular flexibility index (Phi) is 3.66. The molecule has 2 nitrogen and oxygen atoms in total. The van der Waals surface area contributed by atoms with Crippen molar-refractivity contribution in [2.45, 2.75) is 0 Å². The zero-order chi connectivity index (χ0) is 8.97. The molecule has 2 N–H and O–H groups in total. The summed E-state index contributed by atoms with van der Waals surface area (Å²) in [7, 11) is 1.86. The number of hydrogen-bond donors (Lipinski definition) is 2. The Bertz CT molecular complexity index is 243. The average Bonchev–Trinajstić information content (AvgIpc) is 1.99. The zero-order valence-corrected chi connectivity index (χ0v) is 8.21. The highest BCUT2D eigenvalue weighted by Gasteiger charge is 1.95. The summed E-state index contributed by atoms with van der Waals surface area (Å²) in [5.74, 6) is 0.